The molecule has 1 fully saturated rings. The summed E-state index contributed by atoms with van der Waals surface area (Å²) in [5.41, 5.74) is 6.35. The predicted octanol–water partition coefficient (Wildman–Crippen LogP) is 1.18. The first-order valence-electron chi connectivity index (χ1n) is 6.55. The highest BCUT2D eigenvalue weighted by molar-refractivity contribution is 6.01. The van der Waals surface area contributed by atoms with Gasteiger partial charge in [0, 0.05) is 25.9 Å². The molecule has 0 unspecified atom stereocenters. The van der Waals surface area contributed by atoms with Crippen LogP contribution in [0.2, 0.25) is 0 Å². The third kappa shape index (κ3) is 3.14. The molecule has 1 aliphatic heterocycles. The second-order valence-electron chi connectivity index (χ2n) is 4.50. The summed E-state index contributed by atoms with van der Waals surface area (Å²) in [5, 5.41) is 11.9. The van der Waals surface area contributed by atoms with E-state index in [1.165, 1.54) is 0 Å². The van der Waals surface area contributed by atoms with E-state index < -0.39 is 0 Å². The molecule has 1 saturated heterocycles. The lowest BCUT2D eigenvalue weighted by atomic mass is 10.1. The second kappa shape index (κ2) is 6.38. The van der Waals surface area contributed by atoms with E-state index in [9.17, 15) is 0 Å². The van der Waals surface area contributed by atoms with Crippen LogP contribution in [-0.2, 0) is 4.74 Å². The number of hydrogen-bond acceptors (Lipinski definition) is 5. The Morgan fingerprint density at radius 1 is 1.58 bits per heavy atom. The van der Waals surface area contributed by atoms with Gasteiger partial charge >= 0.3 is 0 Å². The predicted molar refractivity (Wildman–Crippen MR) is 73.6 cm³/mol. The maximum absolute atomic E-state index is 8.82. The van der Waals surface area contributed by atoms with Crippen molar-refractivity contribution in [1.29, 1.82) is 0 Å². The number of hydrogen-bond donors (Lipinski definition) is 2. The van der Waals surface area contributed by atoms with E-state index in [1.807, 2.05) is 13.0 Å². The fourth-order valence-electron chi connectivity index (χ4n) is 2.37. The molecular weight excluding hydrogens is 244 g/mol. The van der Waals surface area contributed by atoms with Crippen LogP contribution in [0.3, 0.4) is 0 Å². The lowest BCUT2D eigenvalue weighted by Gasteiger charge is -2.33. The minimum absolute atomic E-state index is 0.0926. The number of nitrogens with two attached hydrogens (primary N) is 1. The van der Waals surface area contributed by atoms with Gasteiger partial charge in [-0.05, 0) is 31.9 Å². The first kappa shape index (κ1) is 13.6. The third-order valence-corrected chi connectivity index (χ3v) is 3.31. The van der Waals surface area contributed by atoms with Gasteiger partial charge in [-0.3, -0.25) is 0 Å². The monoisotopic (exact) mass is 264 g/mol. The van der Waals surface area contributed by atoms with E-state index in [0.29, 0.717) is 11.7 Å². The topological polar surface area (TPSA) is 84.0 Å². The van der Waals surface area contributed by atoms with E-state index in [0.717, 1.165) is 38.4 Å². The molecule has 0 saturated carbocycles. The van der Waals surface area contributed by atoms with Gasteiger partial charge in [0.05, 0.1) is 11.7 Å². The Morgan fingerprint density at radius 3 is 2.95 bits per heavy atom. The van der Waals surface area contributed by atoms with Crippen molar-refractivity contribution in [1.82, 2.24) is 4.98 Å². The van der Waals surface area contributed by atoms with Crippen LogP contribution in [0.15, 0.2) is 23.5 Å². The van der Waals surface area contributed by atoms with Crippen molar-refractivity contribution < 1.29 is 9.94 Å². The summed E-state index contributed by atoms with van der Waals surface area (Å²) in [6.45, 7) is 4.51. The molecule has 1 aromatic heterocycles. The van der Waals surface area contributed by atoms with Gasteiger partial charge in [-0.25, -0.2) is 4.98 Å². The van der Waals surface area contributed by atoms with Crippen LogP contribution in [0.5, 0.6) is 0 Å². The number of pyridine rings is 1. The maximum Gasteiger partial charge on any atom is 0.173 e. The minimum atomic E-state index is 0.0926. The highest BCUT2D eigenvalue weighted by atomic mass is 16.5. The van der Waals surface area contributed by atoms with E-state index in [1.54, 1.807) is 12.3 Å². The summed E-state index contributed by atoms with van der Waals surface area (Å²) < 4.78 is 5.63. The molecule has 0 radical (unpaired) electrons. The van der Waals surface area contributed by atoms with E-state index >= 15 is 0 Å². The van der Waals surface area contributed by atoms with Crippen molar-refractivity contribution >= 4 is 11.7 Å². The second-order valence-corrected chi connectivity index (χ2v) is 4.50. The van der Waals surface area contributed by atoms with Crippen LogP contribution in [0.4, 0.5) is 5.82 Å². The van der Waals surface area contributed by atoms with Crippen molar-refractivity contribution in [2.24, 2.45) is 10.9 Å². The number of anilines is 1. The number of amidine groups is 1. The molecule has 0 spiro atoms. The van der Waals surface area contributed by atoms with Gasteiger partial charge in [0.1, 0.15) is 5.82 Å². The Hall–Kier alpha value is -1.82. The molecule has 6 heteroatoms. The van der Waals surface area contributed by atoms with Crippen molar-refractivity contribution in [2.45, 2.75) is 25.9 Å². The van der Waals surface area contributed by atoms with E-state index in [2.05, 4.69) is 15.0 Å². The zero-order valence-corrected chi connectivity index (χ0v) is 11.1. The smallest absolute Gasteiger partial charge is 0.173 e. The summed E-state index contributed by atoms with van der Waals surface area (Å²) in [6, 6.07) is 3.59. The first-order chi connectivity index (χ1) is 9.26. The largest absolute Gasteiger partial charge is 0.409 e. The molecule has 19 heavy (non-hydrogen) atoms. The van der Waals surface area contributed by atoms with Gasteiger partial charge in [0.25, 0.3) is 0 Å². The SMILES string of the molecule is CCOC1CCN(c2ncccc2C(N)=NO)CC1. The first-order valence-corrected chi connectivity index (χ1v) is 6.55. The molecular formula is C13H20N4O2. The lowest BCUT2D eigenvalue weighted by Crippen LogP contribution is -2.38. The standard InChI is InChI=1S/C13H20N4O2/c1-2-19-10-5-8-17(9-6-10)13-11(12(14)16-18)4-3-7-15-13/h3-4,7,10,18H,2,5-6,8-9H2,1H3,(H2,14,16). The van der Waals surface area contributed by atoms with Crippen molar-refractivity contribution in [3.05, 3.63) is 23.9 Å². The molecule has 0 amide bonds. The quantitative estimate of drug-likeness (QED) is 0.369. The van der Waals surface area contributed by atoms with Crippen molar-refractivity contribution in [3.8, 4) is 0 Å². The van der Waals surface area contributed by atoms with E-state index in [-0.39, 0.29) is 5.84 Å². The molecule has 1 aromatic rings. The zero-order valence-electron chi connectivity index (χ0n) is 11.1. The summed E-state index contributed by atoms with van der Waals surface area (Å²) in [6.07, 6.45) is 4.00. The number of rotatable bonds is 4. The number of nitrogens with zero attached hydrogens (tertiary/aromatic N) is 3. The Labute approximate surface area is 112 Å². The van der Waals surface area contributed by atoms with Gasteiger partial charge in [-0.1, -0.05) is 5.16 Å². The molecule has 1 aliphatic rings. The molecule has 0 aliphatic carbocycles. The fraction of sp³-hybridized carbons (Fsp3) is 0.538. The number of piperidine rings is 1. The third-order valence-electron chi connectivity index (χ3n) is 3.31. The van der Waals surface area contributed by atoms with Crippen molar-refractivity contribution in [3.63, 3.8) is 0 Å². The fourth-order valence-corrected chi connectivity index (χ4v) is 2.37. The van der Waals surface area contributed by atoms with Gasteiger partial charge in [0.15, 0.2) is 5.84 Å². The lowest BCUT2D eigenvalue weighted by molar-refractivity contribution is 0.0458. The highest BCUT2D eigenvalue weighted by Gasteiger charge is 2.22. The Bertz CT molecular complexity index is 442. The average Bonchev–Trinajstić information content (AvgIpc) is 2.47. The van der Waals surface area contributed by atoms with Crippen LogP contribution < -0.4 is 10.6 Å². The molecule has 2 heterocycles. The van der Waals surface area contributed by atoms with Crippen LogP contribution in [0.1, 0.15) is 25.3 Å². The summed E-state index contributed by atoms with van der Waals surface area (Å²) >= 11 is 0. The van der Waals surface area contributed by atoms with Crippen molar-refractivity contribution in [2.75, 3.05) is 24.6 Å². The Balaban J connectivity index is 2.11. The summed E-state index contributed by atoms with van der Waals surface area (Å²) in [4.78, 5) is 6.51. The Kier molecular flexibility index (Phi) is 4.57. The number of aromatic nitrogens is 1. The normalized spacial score (nSPS) is 17.7. The van der Waals surface area contributed by atoms with Gasteiger partial charge in [-0.15, -0.1) is 0 Å². The summed E-state index contributed by atoms with van der Waals surface area (Å²) in [7, 11) is 0. The van der Waals surface area contributed by atoms with Crippen LogP contribution in [0.25, 0.3) is 0 Å². The number of oxime groups is 1. The molecule has 0 bridgehead atoms. The zero-order chi connectivity index (χ0) is 13.7. The van der Waals surface area contributed by atoms with Crippen LogP contribution in [0, 0.1) is 0 Å². The number of ether oxygens (including phenoxy) is 1. The minimum Gasteiger partial charge on any atom is -0.409 e. The molecule has 6 nitrogen and oxygen atoms in total. The van der Waals surface area contributed by atoms with Gasteiger partial charge in [0.2, 0.25) is 0 Å². The van der Waals surface area contributed by atoms with E-state index in [4.69, 9.17) is 15.7 Å². The van der Waals surface area contributed by atoms with Crippen LogP contribution >= 0.6 is 0 Å². The molecule has 0 aromatic carbocycles. The summed E-state index contributed by atoms with van der Waals surface area (Å²) in [5.74, 6) is 0.864. The molecule has 104 valence electrons. The van der Waals surface area contributed by atoms with Gasteiger partial charge in [-0.2, -0.15) is 0 Å². The highest BCUT2D eigenvalue weighted by Crippen LogP contribution is 2.22. The molecule has 0 atom stereocenters. The van der Waals surface area contributed by atoms with Crippen LogP contribution in [-0.4, -0.2) is 41.8 Å². The van der Waals surface area contributed by atoms with Gasteiger partial charge < -0.3 is 20.6 Å². The maximum atomic E-state index is 8.82. The molecule has 2 rings (SSSR count). The molecule has 3 N–H and O–H groups in total. The average molecular weight is 264 g/mol. The Morgan fingerprint density at radius 2 is 2.32 bits per heavy atom.